The molecule has 1 fully saturated rings. The van der Waals surface area contributed by atoms with Crippen LogP contribution in [-0.4, -0.2) is 45.5 Å². The fourth-order valence-corrected chi connectivity index (χ4v) is 2.27. The van der Waals surface area contributed by atoms with E-state index in [1.165, 1.54) is 4.68 Å². The van der Waals surface area contributed by atoms with Crippen LogP contribution >= 0.6 is 0 Å². The number of rotatable bonds is 5. The monoisotopic (exact) mass is 267 g/mol. The van der Waals surface area contributed by atoms with Gasteiger partial charge in [0.25, 0.3) is 0 Å². The van der Waals surface area contributed by atoms with E-state index in [1.54, 1.807) is 18.5 Å². The molecule has 1 amide bonds. The van der Waals surface area contributed by atoms with E-state index < -0.39 is 11.5 Å². The van der Waals surface area contributed by atoms with Gasteiger partial charge in [-0.25, -0.2) is 0 Å². The van der Waals surface area contributed by atoms with E-state index in [4.69, 9.17) is 9.84 Å². The summed E-state index contributed by atoms with van der Waals surface area (Å²) in [4.78, 5) is 22.9. The van der Waals surface area contributed by atoms with Crippen molar-refractivity contribution in [2.75, 3.05) is 13.2 Å². The predicted molar refractivity (Wildman–Crippen MR) is 65.4 cm³/mol. The molecule has 1 aromatic heterocycles. The van der Waals surface area contributed by atoms with Crippen LogP contribution in [0.1, 0.15) is 19.3 Å². The van der Waals surface area contributed by atoms with Crippen LogP contribution in [0.3, 0.4) is 0 Å². The van der Waals surface area contributed by atoms with Crippen LogP contribution in [0.5, 0.6) is 0 Å². The number of amides is 1. The minimum atomic E-state index is -0.915. The van der Waals surface area contributed by atoms with Gasteiger partial charge in [-0.1, -0.05) is 0 Å². The summed E-state index contributed by atoms with van der Waals surface area (Å²) in [5.74, 6) is -1.15. The zero-order valence-electron chi connectivity index (χ0n) is 10.5. The first-order chi connectivity index (χ1) is 9.10. The standard InChI is InChI=1S/C12H17N3O4/c16-10(9-15-5-1-4-13-15)14-12(8-11(17)18)2-6-19-7-3-12/h1,4-5H,2-3,6-9H2,(H,14,16)(H,17,18). The SMILES string of the molecule is O=C(O)CC1(NC(=O)Cn2cccn2)CCOCC1. The molecule has 2 rings (SSSR count). The summed E-state index contributed by atoms with van der Waals surface area (Å²) in [5.41, 5.74) is -0.700. The molecular weight excluding hydrogens is 250 g/mol. The summed E-state index contributed by atoms with van der Waals surface area (Å²) < 4.78 is 6.74. The molecule has 19 heavy (non-hydrogen) atoms. The van der Waals surface area contributed by atoms with Crippen molar-refractivity contribution in [1.82, 2.24) is 15.1 Å². The number of carboxylic acids is 1. The molecule has 104 valence electrons. The molecule has 1 aliphatic heterocycles. The Morgan fingerprint density at radius 3 is 2.74 bits per heavy atom. The number of carboxylic acid groups (broad SMARTS) is 1. The lowest BCUT2D eigenvalue weighted by Gasteiger charge is -2.36. The van der Waals surface area contributed by atoms with Gasteiger partial charge in [-0.15, -0.1) is 0 Å². The van der Waals surface area contributed by atoms with Crippen molar-refractivity contribution in [1.29, 1.82) is 0 Å². The van der Waals surface area contributed by atoms with Gasteiger partial charge in [-0.05, 0) is 18.9 Å². The lowest BCUT2D eigenvalue weighted by molar-refractivity contribution is -0.140. The smallest absolute Gasteiger partial charge is 0.305 e. The van der Waals surface area contributed by atoms with E-state index >= 15 is 0 Å². The maximum atomic E-state index is 12.0. The molecule has 0 radical (unpaired) electrons. The summed E-state index contributed by atoms with van der Waals surface area (Å²) in [7, 11) is 0. The zero-order chi connectivity index (χ0) is 13.7. The predicted octanol–water partition coefficient (Wildman–Crippen LogP) is 0.0232. The van der Waals surface area contributed by atoms with Crippen LogP contribution in [0.4, 0.5) is 0 Å². The summed E-state index contributed by atoms with van der Waals surface area (Å²) >= 11 is 0. The number of aromatic nitrogens is 2. The first-order valence-corrected chi connectivity index (χ1v) is 6.18. The second-order valence-electron chi connectivity index (χ2n) is 4.72. The zero-order valence-corrected chi connectivity index (χ0v) is 10.5. The fraction of sp³-hybridized carbons (Fsp3) is 0.583. The van der Waals surface area contributed by atoms with Gasteiger partial charge in [-0.2, -0.15) is 5.10 Å². The Morgan fingerprint density at radius 1 is 1.42 bits per heavy atom. The highest BCUT2D eigenvalue weighted by atomic mass is 16.5. The third-order valence-electron chi connectivity index (χ3n) is 3.21. The molecule has 0 aromatic carbocycles. The molecule has 0 atom stereocenters. The van der Waals surface area contributed by atoms with Crippen LogP contribution in [-0.2, 0) is 20.9 Å². The molecule has 7 heteroatoms. The van der Waals surface area contributed by atoms with E-state index in [0.29, 0.717) is 26.1 Å². The largest absolute Gasteiger partial charge is 0.481 e. The molecule has 7 nitrogen and oxygen atoms in total. The second-order valence-corrected chi connectivity index (χ2v) is 4.72. The number of nitrogens with one attached hydrogen (secondary N) is 1. The van der Waals surface area contributed by atoms with Crippen molar-refractivity contribution in [3.8, 4) is 0 Å². The van der Waals surface area contributed by atoms with Gasteiger partial charge >= 0.3 is 5.97 Å². The van der Waals surface area contributed by atoms with Gasteiger partial charge < -0.3 is 15.2 Å². The Bertz CT molecular complexity index is 438. The minimum Gasteiger partial charge on any atom is -0.481 e. The maximum Gasteiger partial charge on any atom is 0.305 e. The van der Waals surface area contributed by atoms with Gasteiger partial charge in [0.15, 0.2) is 0 Å². The third-order valence-corrected chi connectivity index (χ3v) is 3.21. The van der Waals surface area contributed by atoms with Gasteiger partial charge in [0.2, 0.25) is 5.91 Å². The van der Waals surface area contributed by atoms with Gasteiger partial charge in [0.1, 0.15) is 6.54 Å². The minimum absolute atomic E-state index is 0.0821. The van der Waals surface area contributed by atoms with Crippen molar-refractivity contribution < 1.29 is 19.4 Å². The Morgan fingerprint density at radius 2 is 2.16 bits per heavy atom. The highest BCUT2D eigenvalue weighted by Gasteiger charge is 2.36. The number of carbonyl (C=O) groups is 2. The normalized spacial score (nSPS) is 17.9. The summed E-state index contributed by atoms with van der Waals surface area (Å²) in [5, 5.41) is 15.8. The summed E-state index contributed by atoms with van der Waals surface area (Å²) in [6, 6.07) is 1.73. The molecule has 2 N–H and O–H groups in total. The summed E-state index contributed by atoms with van der Waals surface area (Å²) in [6.07, 6.45) is 4.23. The molecule has 0 aliphatic carbocycles. The van der Waals surface area contributed by atoms with Crippen molar-refractivity contribution in [2.24, 2.45) is 0 Å². The second kappa shape index (κ2) is 5.83. The summed E-state index contributed by atoms with van der Waals surface area (Å²) in [6.45, 7) is 1.03. The molecule has 1 saturated heterocycles. The fourth-order valence-electron chi connectivity index (χ4n) is 2.27. The van der Waals surface area contributed by atoms with Crippen molar-refractivity contribution in [3.63, 3.8) is 0 Å². The average molecular weight is 267 g/mol. The van der Waals surface area contributed by atoms with Crippen molar-refractivity contribution in [3.05, 3.63) is 18.5 Å². The van der Waals surface area contributed by atoms with Crippen LogP contribution < -0.4 is 5.32 Å². The van der Waals surface area contributed by atoms with Crippen LogP contribution in [0.2, 0.25) is 0 Å². The molecule has 0 unspecified atom stereocenters. The van der Waals surface area contributed by atoms with E-state index in [1.807, 2.05) is 0 Å². The Kier molecular flexibility index (Phi) is 4.16. The van der Waals surface area contributed by atoms with Gasteiger partial charge in [0.05, 0.1) is 12.0 Å². The molecular formula is C12H17N3O4. The lowest BCUT2D eigenvalue weighted by Crippen LogP contribution is -2.54. The quantitative estimate of drug-likeness (QED) is 0.784. The Labute approximate surface area is 110 Å². The van der Waals surface area contributed by atoms with E-state index in [2.05, 4.69) is 10.4 Å². The van der Waals surface area contributed by atoms with E-state index in [0.717, 1.165) is 0 Å². The molecule has 0 bridgehead atoms. The van der Waals surface area contributed by atoms with Crippen LogP contribution in [0.15, 0.2) is 18.5 Å². The molecule has 1 aromatic rings. The number of aliphatic carboxylic acids is 1. The number of hydrogen-bond acceptors (Lipinski definition) is 4. The first kappa shape index (κ1) is 13.5. The highest BCUT2D eigenvalue weighted by Crippen LogP contribution is 2.24. The number of ether oxygens (including phenoxy) is 1. The maximum absolute atomic E-state index is 12.0. The topological polar surface area (TPSA) is 93.5 Å². The lowest BCUT2D eigenvalue weighted by atomic mass is 9.86. The number of hydrogen-bond donors (Lipinski definition) is 2. The van der Waals surface area contributed by atoms with E-state index in [9.17, 15) is 9.59 Å². The van der Waals surface area contributed by atoms with Gasteiger partial charge in [-0.3, -0.25) is 14.3 Å². The van der Waals surface area contributed by atoms with E-state index in [-0.39, 0.29) is 18.9 Å². The number of nitrogens with zero attached hydrogens (tertiary/aromatic N) is 2. The van der Waals surface area contributed by atoms with Crippen LogP contribution in [0, 0.1) is 0 Å². The molecule has 1 aliphatic rings. The van der Waals surface area contributed by atoms with Crippen molar-refractivity contribution >= 4 is 11.9 Å². The first-order valence-electron chi connectivity index (χ1n) is 6.18. The number of carbonyl (C=O) groups excluding carboxylic acids is 1. The third kappa shape index (κ3) is 3.78. The highest BCUT2D eigenvalue weighted by molar-refractivity contribution is 5.78. The van der Waals surface area contributed by atoms with Gasteiger partial charge in [0, 0.05) is 25.6 Å². The molecule has 0 spiro atoms. The Hall–Kier alpha value is -1.89. The molecule has 0 saturated carbocycles. The Balaban J connectivity index is 1.98. The van der Waals surface area contributed by atoms with Crippen molar-refractivity contribution in [2.45, 2.75) is 31.3 Å². The molecule has 2 heterocycles. The average Bonchev–Trinajstić information content (AvgIpc) is 2.81. The van der Waals surface area contributed by atoms with Crippen LogP contribution in [0.25, 0.3) is 0 Å².